The van der Waals surface area contributed by atoms with Crippen LogP contribution in [0.5, 0.6) is 0 Å². The van der Waals surface area contributed by atoms with Gasteiger partial charge in [-0.3, -0.25) is 0 Å². The van der Waals surface area contributed by atoms with E-state index >= 15 is 0 Å². The van der Waals surface area contributed by atoms with Crippen molar-refractivity contribution in [1.29, 1.82) is 0 Å². The second-order valence-electron chi connectivity index (χ2n) is 4.31. The van der Waals surface area contributed by atoms with Crippen LogP contribution in [0, 0.1) is 5.41 Å². The van der Waals surface area contributed by atoms with Crippen LogP contribution in [0.25, 0.3) is 0 Å². The van der Waals surface area contributed by atoms with E-state index < -0.39 is 0 Å². The highest BCUT2D eigenvalue weighted by Gasteiger charge is 2.13. The van der Waals surface area contributed by atoms with Crippen LogP contribution in [-0.4, -0.2) is 10.2 Å². The Labute approximate surface area is 86.9 Å². The minimum Gasteiger partial charge on any atom is -0.381 e. The Balaban J connectivity index is 2.86. The lowest BCUT2D eigenvalue weighted by atomic mass is 9.90. The number of nitrogens with zero attached hydrogens (tertiary/aromatic N) is 2. The summed E-state index contributed by atoms with van der Waals surface area (Å²) in [6.45, 7) is 6.50. The van der Waals surface area contributed by atoms with E-state index in [4.69, 9.17) is 5.73 Å². The molecule has 0 saturated carbocycles. The van der Waals surface area contributed by atoms with Crippen molar-refractivity contribution in [3.8, 4) is 0 Å². The fourth-order valence-electron chi connectivity index (χ4n) is 1.04. The number of anilines is 1. The number of hydrogen-bond acceptors (Lipinski definition) is 3. The van der Waals surface area contributed by atoms with Crippen LogP contribution < -0.4 is 5.73 Å². The van der Waals surface area contributed by atoms with Gasteiger partial charge in [-0.15, -0.1) is 5.10 Å². The van der Waals surface area contributed by atoms with Gasteiger partial charge in [0.25, 0.3) is 0 Å². The van der Waals surface area contributed by atoms with Crippen molar-refractivity contribution in [1.82, 2.24) is 10.2 Å². The molecule has 0 spiro atoms. The lowest BCUT2D eigenvalue weighted by Gasteiger charge is -2.16. The van der Waals surface area contributed by atoms with Crippen LogP contribution in [0.3, 0.4) is 0 Å². The number of nitrogen functional groups attached to an aromatic ring is 1. The summed E-state index contributed by atoms with van der Waals surface area (Å²) >= 11 is 3.33. The van der Waals surface area contributed by atoms with E-state index in [0.29, 0.717) is 5.82 Å². The van der Waals surface area contributed by atoms with Gasteiger partial charge in [-0.2, -0.15) is 5.10 Å². The van der Waals surface area contributed by atoms with E-state index in [2.05, 4.69) is 46.9 Å². The molecular formula is C9H14BrN3. The normalized spacial score (nSPS) is 11.7. The van der Waals surface area contributed by atoms with Crippen LogP contribution >= 0.6 is 15.9 Å². The van der Waals surface area contributed by atoms with Gasteiger partial charge in [0.05, 0.1) is 10.2 Å². The summed E-state index contributed by atoms with van der Waals surface area (Å²) in [6.07, 6.45) is 0.902. The van der Waals surface area contributed by atoms with Gasteiger partial charge in [-0.1, -0.05) is 20.8 Å². The SMILES string of the molecule is CC(C)(C)Cc1cc(Br)c(N)nn1. The average molecular weight is 244 g/mol. The van der Waals surface area contributed by atoms with E-state index in [9.17, 15) is 0 Å². The smallest absolute Gasteiger partial charge is 0.160 e. The molecule has 0 aliphatic rings. The van der Waals surface area contributed by atoms with Gasteiger partial charge in [0.1, 0.15) is 0 Å². The van der Waals surface area contributed by atoms with Crippen molar-refractivity contribution >= 4 is 21.7 Å². The fourth-order valence-corrected chi connectivity index (χ4v) is 1.39. The molecule has 0 fully saturated rings. The molecule has 0 aromatic carbocycles. The van der Waals surface area contributed by atoms with E-state index in [0.717, 1.165) is 16.6 Å². The molecule has 1 aromatic rings. The van der Waals surface area contributed by atoms with E-state index in [1.807, 2.05) is 6.07 Å². The first-order valence-corrected chi connectivity index (χ1v) is 4.95. The standard InChI is InChI=1S/C9H14BrN3/c1-9(2,3)5-6-4-7(10)8(11)13-12-6/h4H,5H2,1-3H3,(H2,11,13). The summed E-state index contributed by atoms with van der Waals surface area (Å²) in [6, 6.07) is 1.92. The summed E-state index contributed by atoms with van der Waals surface area (Å²) in [5, 5.41) is 7.86. The van der Waals surface area contributed by atoms with E-state index in [1.54, 1.807) is 0 Å². The van der Waals surface area contributed by atoms with Crippen molar-refractivity contribution in [3.63, 3.8) is 0 Å². The number of nitrogens with two attached hydrogens (primary N) is 1. The summed E-state index contributed by atoms with van der Waals surface area (Å²) in [4.78, 5) is 0. The lowest BCUT2D eigenvalue weighted by molar-refractivity contribution is 0.404. The largest absolute Gasteiger partial charge is 0.381 e. The number of rotatable bonds is 1. The molecule has 0 aliphatic heterocycles. The first-order chi connectivity index (χ1) is 5.88. The zero-order valence-corrected chi connectivity index (χ0v) is 9.72. The molecule has 0 atom stereocenters. The zero-order chi connectivity index (χ0) is 10.1. The molecule has 0 saturated heterocycles. The van der Waals surface area contributed by atoms with Gasteiger partial charge in [0.2, 0.25) is 0 Å². The Bertz CT molecular complexity index is 304. The molecule has 72 valence electrons. The summed E-state index contributed by atoms with van der Waals surface area (Å²) in [5.41, 5.74) is 6.72. The van der Waals surface area contributed by atoms with Crippen molar-refractivity contribution < 1.29 is 0 Å². The minimum absolute atomic E-state index is 0.226. The van der Waals surface area contributed by atoms with Crippen molar-refractivity contribution in [2.75, 3.05) is 5.73 Å². The van der Waals surface area contributed by atoms with Crippen LogP contribution in [-0.2, 0) is 6.42 Å². The van der Waals surface area contributed by atoms with Gasteiger partial charge in [-0.25, -0.2) is 0 Å². The van der Waals surface area contributed by atoms with E-state index in [-0.39, 0.29) is 5.41 Å². The first kappa shape index (κ1) is 10.4. The summed E-state index contributed by atoms with van der Waals surface area (Å²) in [7, 11) is 0. The molecule has 0 bridgehead atoms. The molecule has 1 aromatic heterocycles. The number of hydrogen-bond donors (Lipinski definition) is 1. The minimum atomic E-state index is 0.226. The zero-order valence-electron chi connectivity index (χ0n) is 8.13. The molecule has 3 nitrogen and oxygen atoms in total. The summed E-state index contributed by atoms with van der Waals surface area (Å²) < 4.78 is 0.821. The predicted molar refractivity (Wildman–Crippen MR) is 57.3 cm³/mol. The highest BCUT2D eigenvalue weighted by Crippen LogP contribution is 2.22. The van der Waals surface area contributed by atoms with Crippen LogP contribution in [0.2, 0.25) is 0 Å². The maximum atomic E-state index is 5.53. The maximum Gasteiger partial charge on any atom is 0.160 e. The van der Waals surface area contributed by atoms with Gasteiger partial charge in [-0.05, 0) is 33.8 Å². The Morgan fingerprint density at radius 3 is 2.46 bits per heavy atom. The third-order valence-electron chi connectivity index (χ3n) is 1.54. The van der Waals surface area contributed by atoms with Crippen LogP contribution in [0.1, 0.15) is 26.5 Å². The number of aromatic nitrogens is 2. The highest BCUT2D eigenvalue weighted by molar-refractivity contribution is 9.10. The van der Waals surface area contributed by atoms with Crippen LogP contribution in [0.4, 0.5) is 5.82 Å². The van der Waals surface area contributed by atoms with Crippen molar-refractivity contribution in [2.45, 2.75) is 27.2 Å². The third-order valence-corrected chi connectivity index (χ3v) is 2.17. The average Bonchev–Trinajstić information content (AvgIpc) is 1.94. The lowest BCUT2D eigenvalue weighted by Crippen LogP contribution is -2.11. The molecule has 4 heteroatoms. The molecular weight excluding hydrogens is 230 g/mol. The molecule has 0 unspecified atom stereocenters. The topological polar surface area (TPSA) is 51.8 Å². The fraction of sp³-hybridized carbons (Fsp3) is 0.556. The van der Waals surface area contributed by atoms with Crippen LogP contribution in [0.15, 0.2) is 10.5 Å². The van der Waals surface area contributed by atoms with E-state index in [1.165, 1.54) is 0 Å². The Kier molecular flexibility index (Phi) is 2.91. The predicted octanol–water partition coefficient (Wildman–Crippen LogP) is 2.41. The molecule has 0 radical (unpaired) electrons. The monoisotopic (exact) mass is 243 g/mol. The van der Waals surface area contributed by atoms with Gasteiger partial charge in [0, 0.05) is 0 Å². The Morgan fingerprint density at radius 1 is 1.38 bits per heavy atom. The Morgan fingerprint density at radius 2 is 2.00 bits per heavy atom. The molecule has 0 aliphatic carbocycles. The van der Waals surface area contributed by atoms with Gasteiger partial charge >= 0.3 is 0 Å². The second-order valence-corrected chi connectivity index (χ2v) is 5.16. The molecule has 13 heavy (non-hydrogen) atoms. The second kappa shape index (κ2) is 3.62. The van der Waals surface area contributed by atoms with Crippen molar-refractivity contribution in [3.05, 3.63) is 16.2 Å². The Hall–Kier alpha value is -0.640. The quantitative estimate of drug-likeness (QED) is 0.825. The van der Waals surface area contributed by atoms with Gasteiger partial charge in [0.15, 0.2) is 5.82 Å². The third kappa shape index (κ3) is 3.30. The maximum absolute atomic E-state index is 5.53. The molecule has 0 amide bonds. The summed E-state index contributed by atoms with van der Waals surface area (Å²) in [5.74, 6) is 0.442. The molecule has 1 rings (SSSR count). The van der Waals surface area contributed by atoms with Crippen molar-refractivity contribution in [2.24, 2.45) is 5.41 Å². The first-order valence-electron chi connectivity index (χ1n) is 4.16. The highest BCUT2D eigenvalue weighted by atomic mass is 79.9. The van der Waals surface area contributed by atoms with Gasteiger partial charge < -0.3 is 5.73 Å². The number of halogens is 1. The molecule has 2 N–H and O–H groups in total. The molecule has 1 heterocycles.